The Bertz CT molecular complexity index is 681. The lowest BCUT2D eigenvalue weighted by Gasteiger charge is -2.22. The smallest absolute Gasteiger partial charge is 0.260 e. The first kappa shape index (κ1) is 13.3. The van der Waals surface area contributed by atoms with Gasteiger partial charge in [-0.15, -0.1) is 0 Å². The lowest BCUT2D eigenvalue weighted by atomic mass is 9.85. The van der Waals surface area contributed by atoms with Crippen LogP contribution < -0.4 is 5.56 Å². The van der Waals surface area contributed by atoms with E-state index >= 15 is 0 Å². The van der Waals surface area contributed by atoms with Gasteiger partial charge in [-0.2, -0.15) is 0 Å². The van der Waals surface area contributed by atoms with E-state index in [9.17, 15) is 4.79 Å². The van der Waals surface area contributed by atoms with Crippen LogP contribution in [0, 0.1) is 6.92 Å². The van der Waals surface area contributed by atoms with Crippen molar-refractivity contribution in [3.05, 3.63) is 40.1 Å². The molecule has 2 aromatic heterocycles. The lowest BCUT2D eigenvalue weighted by molar-refractivity contribution is 0.438. The van der Waals surface area contributed by atoms with Gasteiger partial charge < -0.3 is 4.57 Å². The molecule has 0 N–H and O–H groups in total. The van der Waals surface area contributed by atoms with Crippen LogP contribution in [0.15, 0.2) is 23.1 Å². The van der Waals surface area contributed by atoms with Gasteiger partial charge >= 0.3 is 0 Å². The fourth-order valence-electron chi connectivity index (χ4n) is 3.39. The third-order valence-electron chi connectivity index (χ3n) is 4.45. The Morgan fingerprint density at radius 1 is 1.30 bits per heavy atom. The molecule has 1 saturated carbocycles. The van der Waals surface area contributed by atoms with Crippen LogP contribution in [0.5, 0.6) is 0 Å². The van der Waals surface area contributed by atoms with Gasteiger partial charge in [-0.25, -0.2) is 0 Å². The van der Waals surface area contributed by atoms with E-state index in [1.165, 1.54) is 32.1 Å². The molecule has 3 nitrogen and oxygen atoms in total. The molecule has 3 rings (SSSR count). The Morgan fingerprint density at radius 2 is 2.05 bits per heavy atom. The predicted molar refractivity (Wildman–Crippen MR) is 82.2 cm³/mol. The van der Waals surface area contributed by atoms with E-state index in [0.29, 0.717) is 12.5 Å². The van der Waals surface area contributed by atoms with Crippen LogP contribution in [0.4, 0.5) is 0 Å². The second kappa shape index (κ2) is 5.39. The average Bonchev–Trinajstić information content (AvgIpc) is 2.47. The highest BCUT2D eigenvalue weighted by atomic mass is 16.1. The molecule has 2 aromatic rings. The number of aromatic nitrogens is 2. The van der Waals surface area contributed by atoms with Gasteiger partial charge in [-0.3, -0.25) is 9.78 Å². The van der Waals surface area contributed by atoms with Crippen molar-refractivity contribution in [1.29, 1.82) is 0 Å². The van der Waals surface area contributed by atoms with Crippen molar-refractivity contribution in [2.24, 2.45) is 0 Å². The Balaban J connectivity index is 2.25. The summed E-state index contributed by atoms with van der Waals surface area (Å²) < 4.78 is 1.78. The van der Waals surface area contributed by atoms with E-state index in [1.54, 1.807) is 4.57 Å². The first-order valence-corrected chi connectivity index (χ1v) is 7.71. The molecule has 20 heavy (non-hydrogen) atoms. The second-order valence-electron chi connectivity index (χ2n) is 5.85. The maximum Gasteiger partial charge on any atom is 0.260 e. The minimum absolute atomic E-state index is 0.123. The standard InChI is InChI=1S/C17H22N2O/c1-3-19-10-9-14-11-12(2)18-16(15(14)17(19)20)13-7-5-4-6-8-13/h9-11,13H,3-8H2,1-2H3. The van der Waals surface area contributed by atoms with Crippen LogP contribution in [0.1, 0.15) is 56.3 Å². The molecule has 0 aromatic carbocycles. The van der Waals surface area contributed by atoms with Gasteiger partial charge in [-0.1, -0.05) is 19.3 Å². The highest BCUT2D eigenvalue weighted by Crippen LogP contribution is 2.34. The summed E-state index contributed by atoms with van der Waals surface area (Å²) in [6.45, 7) is 4.75. The van der Waals surface area contributed by atoms with Gasteiger partial charge in [0.1, 0.15) is 0 Å². The van der Waals surface area contributed by atoms with E-state index in [4.69, 9.17) is 4.98 Å². The van der Waals surface area contributed by atoms with Crippen molar-refractivity contribution in [3.63, 3.8) is 0 Å². The maximum atomic E-state index is 12.7. The molecule has 0 aliphatic heterocycles. The van der Waals surface area contributed by atoms with Crippen LogP contribution in [-0.4, -0.2) is 9.55 Å². The normalized spacial score (nSPS) is 16.7. The number of pyridine rings is 2. The van der Waals surface area contributed by atoms with E-state index in [0.717, 1.165) is 22.2 Å². The minimum atomic E-state index is 0.123. The van der Waals surface area contributed by atoms with Crippen LogP contribution in [-0.2, 0) is 6.54 Å². The molecular formula is C17H22N2O. The summed E-state index contributed by atoms with van der Waals surface area (Å²) in [4.78, 5) is 17.4. The third-order valence-corrected chi connectivity index (χ3v) is 4.45. The maximum absolute atomic E-state index is 12.7. The van der Waals surface area contributed by atoms with Gasteiger partial charge in [0.05, 0.1) is 11.1 Å². The van der Waals surface area contributed by atoms with Gasteiger partial charge in [-0.05, 0) is 44.2 Å². The Kier molecular flexibility index (Phi) is 3.60. The topological polar surface area (TPSA) is 34.9 Å². The molecule has 1 fully saturated rings. The highest BCUT2D eigenvalue weighted by molar-refractivity contribution is 5.84. The molecule has 106 valence electrons. The zero-order chi connectivity index (χ0) is 14.1. The molecule has 0 radical (unpaired) electrons. The summed E-state index contributed by atoms with van der Waals surface area (Å²) >= 11 is 0. The van der Waals surface area contributed by atoms with E-state index in [1.807, 2.05) is 26.1 Å². The second-order valence-corrected chi connectivity index (χ2v) is 5.85. The summed E-state index contributed by atoms with van der Waals surface area (Å²) in [7, 11) is 0. The fraction of sp³-hybridized carbons (Fsp3) is 0.529. The zero-order valence-electron chi connectivity index (χ0n) is 12.4. The number of aryl methyl sites for hydroxylation is 2. The molecule has 1 aliphatic rings. The van der Waals surface area contributed by atoms with Crippen LogP contribution >= 0.6 is 0 Å². The Morgan fingerprint density at radius 3 is 2.75 bits per heavy atom. The monoisotopic (exact) mass is 270 g/mol. The van der Waals surface area contributed by atoms with Gasteiger partial charge in [0.15, 0.2) is 0 Å². The van der Waals surface area contributed by atoms with Gasteiger partial charge in [0, 0.05) is 24.4 Å². The molecular weight excluding hydrogens is 248 g/mol. The van der Waals surface area contributed by atoms with Gasteiger partial charge in [0.2, 0.25) is 0 Å². The van der Waals surface area contributed by atoms with Crippen molar-refractivity contribution in [2.45, 2.75) is 58.4 Å². The molecule has 0 amide bonds. The molecule has 0 spiro atoms. The van der Waals surface area contributed by atoms with Crippen molar-refractivity contribution in [2.75, 3.05) is 0 Å². The Hall–Kier alpha value is -1.64. The minimum Gasteiger partial charge on any atom is -0.315 e. The van der Waals surface area contributed by atoms with Crippen molar-refractivity contribution < 1.29 is 0 Å². The average molecular weight is 270 g/mol. The van der Waals surface area contributed by atoms with E-state index in [-0.39, 0.29) is 5.56 Å². The Labute approximate surface area is 119 Å². The van der Waals surface area contributed by atoms with Crippen molar-refractivity contribution >= 4 is 10.8 Å². The zero-order valence-corrected chi connectivity index (χ0v) is 12.4. The molecule has 0 atom stereocenters. The van der Waals surface area contributed by atoms with E-state index < -0.39 is 0 Å². The van der Waals surface area contributed by atoms with Crippen molar-refractivity contribution in [1.82, 2.24) is 9.55 Å². The number of hydrogen-bond donors (Lipinski definition) is 0. The summed E-state index contributed by atoms with van der Waals surface area (Å²) in [6.07, 6.45) is 8.08. The molecule has 0 bridgehead atoms. The molecule has 3 heteroatoms. The highest BCUT2D eigenvalue weighted by Gasteiger charge is 2.21. The number of nitrogens with zero attached hydrogens (tertiary/aromatic N) is 2. The number of rotatable bonds is 2. The molecule has 0 unspecified atom stereocenters. The summed E-state index contributed by atoms with van der Waals surface area (Å²) in [5, 5.41) is 1.90. The molecule has 0 saturated heterocycles. The first-order valence-electron chi connectivity index (χ1n) is 7.71. The summed E-state index contributed by atoms with van der Waals surface area (Å²) in [5.41, 5.74) is 2.19. The van der Waals surface area contributed by atoms with Crippen LogP contribution in [0.2, 0.25) is 0 Å². The predicted octanol–water partition coefficient (Wildman–Crippen LogP) is 3.77. The summed E-state index contributed by atoms with van der Waals surface area (Å²) in [5.74, 6) is 0.464. The largest absolute Gasteiger partial charge is 0.315 e. The molecule has 2 heterocycles. The van der Waals surface area contributed by atoms with E-state index in [2.05, 4.69) is 6.07 Å². The van der Waals surface area contributed by atoms with Gasteiger partial charge in [0.25, 0.3) is 5.56 Å². The number of hydrogen-bond acceptors (Lipinski definition) is 2. The number of fused-ring (bicyclic) bond motifs is 1. The van der Waals surface area contributed by atoms with Crippen LogP contribution in [0.3, 0.4) is 0 Å². The summed E-state index contributed by atoms with van der Waals surface area (Å²) in [6, 6.07) is 4.09. The first-order chi connectivity index (χ1) is 9.70. The van der Waals surface area contributed by atoms with Crippen molar-refractivity contribution in [3.8, 4) is 0 Å². The fourth-order valence-corrected chi connectivity index (χ4v) is 3.39. The SMILES string of the molecule is CCn1ccc2cc(C)nc(C3CCCCC3)c2c1=O. The molecule has 1 aliphatic carbocycles. The lowest BCUT2D eigenvalue weighted by Crippen LogP contribution is -2.21. The van der Waals surface area contributed by atoms with Crippen LogP contribution in [0.25, 0.3) is 10.8 Å². The quantitative estimate of drug-likeness (QED) is 0.832. The third kappa shape index (κ3) is 2.26.